The standard InChI is InChI=1S/C22H24N2O2S/c25-22(20-14-16-6-2-1-3-9-19(16)27-20)24-12-10-15(11-13-24)21-23-17-7-4-5-8-18(17)26-21/h4-5,7-8,14-15H,1-3,6,9-13H2. The van der Waals surface area contributed by atoms with Crippen LogP contribution in [0.4, 0.5) is 0 Å². The van der Waals surface area contributed by atoms with E-state index in [1.807, 2.05) is 29.2 Å². The molecule has 140 valence electrons. The van der Waals surface area contributed by atoms with Crippen LogP contribution in [0.25, 0.3) is 11.1 Å². The third kappa shape index (κ3) is 3.29. The maximum atomic E-state index is 13.0. The van der Waals surface area contributed by atoms with Gasteiger partial charge in [-0.1, -0.05) is 18.6 Å². The molecule has 0 spiro atoms. The molecular weight excluding hydrogens is 356 g/mol. The Bertz CT molecular complexity index is 909. The van der Waals surface area contributed by atoms with Crippen LogP contribution in [0.1, 0.15) is 64.0 Å². The number of amides is 1. The largest absolute Gasteiger partial charge is 0.440 e. The van der Waals surface area contributed by atoms with E-state index in [-0.39, 0.29) is 5.91 Å². The summed E-state index contributed by atoms with van der Waals surface area (Å²) in [6.07, 6.45) is 7.96. The number of aryl methyl sites for hydroxylation is 2. The molecule has 1 amide bonds. The Balaban J connectivity index is 1.26. The summed E-state index contributed by atoms with van der Waals surface area (Å²) in [4.78, 5) is 22.0. The second-order valence-corrected chi connectivity index (χ2v) is 8.84. The van der Waals surface area contributed by atoms with Gasteiger partial charge in [-0.2, -0.15) is 0 Å². The normalized spacial score (nSPS) is 18.4. The number of thiophene rings is 1. The number of likely N-dealkylation sites (tertiary alicyclic amines) is 1. The first-order chi connectivity index (χ1) is 13.3. The Kier molecular flexibility index (Phi) is 4.48. The number of benzene rings is 1. The van der Waals surface area contributed by atoms with Crippen LogP contribution in [0.3, 0.4) is 0 Å². The van der Waals surface area contributed by atoms with Gasteiger partial charge in [0.1, 0.15) is 5.52 Å². The fraction of sp³-hybridized carbons (Fsp3) is 0.455. The second-order valence-electron chi connectivity index (χ2n) is 7.71. The molecular formula is C22H24N2O2S. The van der Waals surface area contributed by atoms with Crippen molar-refractivity contribution < 1.29 is 9.21 Å². The lowest BCUT2D eigenvalue weighted by molar-refractivity contribution is 0.0711. The summed E-state index contributed by atoms with van der Waals surface area (Å²) in [7, 11) is 0. The summed E-state index contributed by atoms with van der Waals surface area (Å²) in [5.74, 6) is 1.34. The van der Waals surface area contributed by atoms with Gasteiger partial charge in [-0.3, -0.25) is 4.79 Å². The maximum Gasteiger partial charge on any atom is 0.263 e. The first-order valence-corrected chi connectivity index (χ1v) is 10.9. The third-order valence-electron chi connectivity index (χ3n) is 5.90. The molecule has 1 aromatic carbocycles. The lowest BCUT2D eigenvalue weighted by Crippen LogP contribution is -2.37. The van der Waals surface area contributed by atoms with E-state index < -0.39 is 0 Å². The molecule has 27 heavy (non-hydrogen) atoms. The zero-order valence-electron chi connectivity index (χ0n) is 15.4. The molecule has 1 aliphatic carbocycles. The molecule has 0 unspecified atom stereocenters. The number of carbonyl (C=O) groups excluding carboxylic acids is 1. The number of hydrogen-bond acceptors (Lipinski definition) is 4. The first-order valence-electron chi connectivity index (χ1n) is 10.0. The van der Waals surface area contributed by atoms with Gasteiger partial charge in [0.25, 0.3) is 5.91 Å². The predicted octanol–water partition coefficient (Wildman–Crippen LogP) is 5.18. The van der Waals surface area contributed by atoms with E-state index in [0.717, 1.165) is 60.6 Å². The quantitative estimate of drug-likeness (QED) is 0.576. The molecule has 0 radical (unpaired) electrons. The van der Waals surface area contributed by atoms with E-state index in [1.165, 1.54) is 29.7 Å². The summed E-state index contributed by atoms with van der Waals surface area (Å²) in [5.41, 5.74) is 3.19. The molecule has 0 N–H and O–H groups in total. The molecule has 1 saturated heterocycles. The Morgan fingerprint density at radius 3 is 2.78 bits per heavy atom. The smallest absolute Gasteiger partial charge is 0.263 e. The fourth-order valence-corrected chi connectivity index (χ4v) is 5.54. The molecule has 0 atom stereocenters. The number of piperidine rings is 1. The van der Waals surface area contributed by atoms with Crippen molar-refractivity contribution in [1.82, 2.24) is 9.88 Å². The minimum Gasteiger partial charge on any atom is -0.440 e. The molecule has 5 heteroatoms. The Morgan fingerprint density at radius 1 is 1.11 bits per heavy atom. The lowest BCUT2D eigenvalue weighted by atomic mass is 9.96. The van der Waals surface area contributed by atoms with Gasteiger partial charge in [-0.15, -0.1) is 11.3 Å². The summed E-state index contributed by atoms with van der Waals surface area (Å²) in [5, 5.41) is 0. The number of nitrogens with zero attached hydrogens (tertiary/aromatic N) is 2. The van der Waals surface area contributed by atoms with E-state index in [4.69, 9.17) is 4.42 Å². The van der Waals surface area contributed by atoms with Crippen molar-refractivity contribution in [1.29, 1.82) is 0 Å². The highest BCUT2D eigenvalue weighted by atomic mass is 32.1. The maximum absolute atomic E-state index is 13.0. The minimum atomic E-state index is 0.212. The van der Waals surface area contributed by atoms with Gasteiger partial charge >= 0.3 is 0 Å². The van der Waals surface area contributed by atoms with Crippen LogP contribution < -0.4 is 0 Å². The molecule has 0 saturated carbocycles. The van der Waals surface area contributed by atoms with E-state index in [2.05, 4.69) is 11.1 Å². The summed E-state index contributed by atoms with van der Waals surface area (Å²) >= 11 is 1.73. The number of para-hydroxylation sites is 2. The van der Waals surface area contributed by atoms with Crippen LogP contribution in [0.2, 0.25) is 0 Å². The molecule has 3 aromatic rings. The van der Waals surface area contributed by atoms with Crippen molar-refractivity contribution in [3.63, 3.8) is 0 Å². The molecule has 5 rings (SSSR count). The zero-order chi connectivity index (χ0) is 18.2. The number of fused-ring (bicyclic) bond motifs is 2. The van der Waals surface area contributed by atoms with Crippen LogP contribution >= 0.6 is 11.3 Å². The van der Waals surface area contributed by atoms with Crippen LogP contribution in [0.5, 0.6) is 0 Å². The lowest BCUT2D eigenvalue weighted by Gasteiger charge is -2.30. The highest BCUT2D eigenvalue weighted by molar-refractivity contribution is 7.14. The molecule has 1 fully saturated rings. The highest BCUT2D eigenvalue weighted by Gasteiger charge is 2.28. The number of oxazole rings is 1. The van der Waals surface area contributed by atoms with Crippen LogP contribution in [0.15, 0.2) is 34.7 Å². The highest BCUT2D eigenvalue weighted by Crippen LogP contribution is 2.33. The molecule has 4 nitrogen and oxygen atoms in total. The van der Waals surface area contributed by atoms with E-state index in [1.54, 1.807) is 11.3 Å². The van der Waals surface area contributed by atoms with Crippen molar-refractivity contribution >= 4 is 28.3 Å². The average Bonchev–Trinajstić information content (AvgIpc) is 3.26. The van der Waals surface area contributed by atoms with Gasteiger partial charge in [-0.25, -0.2) is 4.98 Å². The van der Waals surface area contributed by atoms with Gasteiger partial charge in [-0.05, 0) is 62.3 Å². The van der Waals surface area contributed by atoms with Gasteiger partial charge in [0, 0.05) is 23.9 Å². The number of aromatic nitrogens is 1. The minimum absolute atomic E-state index is 0.212. The number of carbonyl (C=O) groups is 1. The Labute approximate surface area is 163 Å². The van der Waals surface area contributed by atoms with Crippen LogP contribution in [0, 0.1) is 0 Å². The number of rotatable bonds is 2. The molecule has 3 heterocycles. The van der Waals surface area contributed by atoms with Crippen LogP contribution in [-0.2, 0) is 12.8 Å². The fourth-order valence-electron chi connectivity index (χ4n) is 4.32. The van der Waals surface area contributed by atoms with Gasteiger partial charge in [0.15, 0.2) is 11.5 Å². The van der Waals surface area contributed by atoms with Gasteiger partial charge in [0.2, 0.25) is 0 Å². The van der Waals surface area contributed by atoms with E-state index >= 15 is 0 Å². The summed E-state index contributed by atoms with van der Waals surface area (Å²) in [6, 6.07) is 10.1. The zero-order valence-corrected chi connectivity index (χ0v) is 16.3. The summed E-state index contributed by atoms with van der Waals surface area (Å²) in [6.45, 7) is 1.57. The van der Waals surface area contributed by atoms with Gasteiger partial charge in [0.05, 0.1) is 4.88 Å². The van der Waals surface area contributed by atoms with E-state index in [9.17, 15) is 4.79 Å². The second kappa shape index (κ2) is 7.12. The summed E-state index contributed by atoms with van der Waals surface area (Å²) < 4.78 is 5.94. The average molecular weight is 381 g/mol. The topological polar surface area (TPSA) is 46.3 Å². The van der Waals surface area contributed by atoms with Crippen molar-refractivity contribution in [3.8, 4) is 0 Å². The first kappa shape index (κ1) is 17.0. The van der Waals surface area contributed by atoms with Crippen molar-refractivity contribution in [2.45, 2.75) is 50.9 Å². The van der Waals surface area contributed by atoms with Crippen molar-refractivity contribution in [2.24, 2.45) is 0 Å². The Morgan fingerprint density at radius 2 is 1.93 bits per heavy atom. The van der Waals surface area contributed by atoms with Crippen molar-refractivity contribution in [3.05, 3.63) is 51.5 Å². The van der Waals surface area contributed by atoms with Crippen LogP contribution in [-0.4, -0.2) is 28.9 Å². The third-order valence-corrected chi connectivity index (χ3v) is 7.12. The molecule has 2 aromatic heterocycles. The van der Waals surface area contributed by atoms with Gasteiger partial charge < -0.3 is 9.32 Å². The molecule has 2 aliphatic rings. The Hall–Kier alpha value is -2.14. The SMILES string of the molecule is O=C(c1cc2c(s1)CCCCC2)N1CCC(c2nc3ccccc3o2)CC1. The monoisotopic (exact) mass is 380 g/mol. The molecule has 1 aliphatic heterocycles. The number of hydrogen-bond donors (Lipinski definition) is 0. The molecule has 0 bridgehead atoms. The van der Waals surface area contributed by atoms with Crippen molar-refractivity contribution in [2.75, 3.05) is 13.1 Å². The van der Waals surface area contributed by atoms with E-state index in [0.29, 0.717) is 5.92 Å². The predicted molar refractivity (Wildman–Crippen MR) is 107 cm³/mol.